The van der Waals surface area contributed by atoms with E-state index in [-0.39, 0.29) is 26.2 Å². The summed E-state index contributed by atoms with van der Waals surface area (Å²) in [6.45, 7) is 0. The third-order valence-corrected chi connectivity index (χ3v) is 9.26. The van der Waals surface area contributed by atoms with Gasteiger partial charge in [-0.2, -0.15) is 5.26 Å². The molecule has 0 bridgehead atoms. The Kier molecular flexibility index (Phi) is 10.0. The maximum atomic E-state index is 14.3. The number of nitrogens with one attached hydrogen (secondary N) is 1. The van der Waals surface area contributed by atoms with Crippen molar-refractivity contribution in [2.24, 2.45) is 5.73 Å². The SMILES string of the molecule is COc1cc(/C=c2\sc3n(c2=O)C(N)=C(C#N)C(c2cc(OC)c(OC)c(OC)c2)C=3C(=O)Nc2ccc(Br)cc2)cc(OC)c1OC. The molecule has 3 N–H and O–H groups in total. The average molecular weight is 736 g/mol. The lowest BCUT2D eigenvalue weighted by Gasteiger charge is -2.26. The fourth-order valence-corrected chi connectivity index (χ4v) is 6.88. The molecule has 48 heavy (non-hydrogen) atoms. The van der Waals surface area contributed by atoms with Crippen molar-refractivity contribution in [2.75, 3.05) is 48.0 Å². The number of fused-ring (bicyclic) bond motifs is 1. The molecule has 12 nitrogen and oxygen atoms in total. The zero-order valence-electron chi connectivity index (χ0n) is 26.8. The van der Waals surface area contributed by atoms with E-state index in [0.29, 0.717) is 51.3 Å². The van der Waals surface area contributed by atoms with Crippen molar-refractivity contribution in [2.45, 2.75) is 5.92 Å². The number of carbonyl (C=O) groups excluding carboxylic acids is 1. The molecule has 248 valence electrons. The largest absolute Gasteiger partial charge is 0.493 e. The van der Waals surface area contributed by atoms with Gasteiger partial charge in [-0.15, -0.1) is 11.3 Å². The Bertz CT molecular complexity index is 2120. The van der Waals surface area contributed by atoms with E-state index in [1.807, 2.05) is 0 Å². The summed E-state index contributed by atoms with van der Waals surface area (Å²) < 4.78 is 35.6. The number of ether oxygens (including phenoxy) is 6. The predicted octanol–water partition coefficient (Wildman–Crippen LogP) is 3.79. The van der Waals surface area contributed by atoms with Gasteiger partial charge in [0.05, 0.1) is 70.3 Å². The molecule has 1 atom stereocenters. The van der Waals surface area contributed by atoms with Crippen molar-refractivity contribution < 1.29 is 33.2 Å². The van der Waals surface area contributed by atoms with Gasteiger partial charge in [0, 0.05) is 10.2 Å². The maximum Gasteiger partial charge on any atom is 0.274 e. The van der Waals surface area contributed by atoms with Crippen molar-refractivity contribution >= 4 is 56.3 Å². The van der Waals surface area contributed by atoms with E-state index in [1.54, 1.807) is 54.6 Å². The lowest BCUT2D eigenvalue weighted by molar-refractivity contribution is -0.111. The van der Waals surface area contributed by atoms with Crippen LogP contribution in [0.2, 0.25) is 0 Å². The second kappa shape index (κ2) is 14.2. The smallest absolute Gasteiger partial charge is 0.274 e. The molecule has 0 spiro atoms. The molecule has 0 aliphatic carbocycles. The van der Waals surface area contributed by atoms with E-state index in [0.717, 1.165) is 15.8 Å². The molecule has 1 amide bonds. The van der Waals surface area contributed by atoms with E-state index >= 15 is 0 Å². The second-order valence-corrected chi connectivity index (χ2v) is 12.1. The summed E-state index contributed by atoms with van der Waals surface area (Å²) >= 11 is 4.46. The topological polar surface area (TPSA) is 156 Å². The fraction of sp³-hybridized carbons (Fsp3) is 0.206. The van der Waals surface area contributed by atoms with Crippen LogP contribution in [0.3, 0.4) is 0 Å². The van der Waals surface area contributed by atoms with Gasteiger partial charge < -0.3 is 39.5 Å². The summed E-state index contributed by atoms with van der Waals surface area (Å²) in [5.74, 6) is 0.416. The summed E-state index contributed by atoms with van der Waals surface area (Å²) in [7, 11) is 8.87. The molecule has 14 heteroatoms. The molecule has 4 aromatic rings. The van der Waals surface area contributed by atoms with Crippen LogP contribution < -0.4 is 54.2 Å². The van der Waals surface area contributed by atoms with E-state index in [2.05, 4.69) is 27.3 Å². The van der Waals surface area contributed by atoms with Crippen molar-refractivity contribution in [3.05, 3.63) is 89.3 Å². The summed E-state index contributed by atoms with van der Waals surface area (Å²) in [6, 6.07) is 15.8. The number of amides is 1. The monoisotopic (exact) mass is 734 g/mol. The van der Waals surface area contributed by atoms with Crippen molar-refractivity contribution in [1.29, 1.82) is 5.26 Å². The molecular weight excluding hydrogens is 704 g/mol. The summed E-state index contributed by atoms with van der Waals surface area (Å²) in [5.41, 5.74) is 7.70. The van der Waals surface area contributed by atoms with Crippen molar-refractivity contribution in [1.82, 2.24) is 4.57 Å². The first-order chi connectivity index (χ1) is 23.1. The first-order valence-electron chi connectivity index (χ1n) is 14.2. The number of nitrogens with two attached hydrogens (primary N) is 1. The number of benzene rings is 3. The predicted molar refractivity (Wildman–Crippen MR) is 186 cm³/mol. The Morgan fingerprint density at radius 3 is 1.90 bits per heavy atom. The number of allylic oxidation sites excluding steroid dienone is 1. The van der Waals surface area contributed by atoms with Gasteiger partial charge >= 0.3 is 0 Å². The van der Waals surface area contributed by atoms with E-state index in [1.165, 1.54) is 47.2 Å². The highest BCUT2D eigenvalue weighted by Crippen LogP contribution is 2.45. The van der Waals surface area contributed by atoms with Gasteiger partial charge in [0.25, 0.3) is 11.5 Å². The molecule has 0 saturated heterocycles. The molecule has 1 aliphatic heterocycles. The number of nitrogens with zero attached hydrogens (tertiary/aromatic N) is 2. The van der Waals surface area contributed by atoms with Gasteiger partial charge in [-0.1, -0.05) is 15.9 Å². The van der Waals surface area contributed by atoms with Crippen LogP contribution in [0.5, 0.6) is 34.5 Å². The summed E-state index contributed by atoms with van der Waals surface area (Å²) in [6.07, 6.45) is 1.63. The van der Waals surface area contributed by atoms with Gasteiger partial charge in [0.2, 0.25) is 11.5 Å². The van der Waals surface area contributed by atoms with Crippen LogP contribution in [-0.2, 0) is 4.79 Å². The van der Waals surface area contributed by atoms with E-state index < -0.39 is 17.4 Å². The Labute approximate surface area is 287 Å². The summed E-state index contributed by atoms with van der Waals surface area (Å²) in [4.78, 5) is 28.4. The number of aromatic nitrogens is 1. The first kappa shape index (κ1) is 34.0. The number of methoxy groups -OCH3 is 6. The third kappa shape index (κ3) is 6.05. The number of nitriles is 1. The molecule has 1 aromatic heterocycles. The molecule has 3 aromatic carbocycles. The molecular formula is C34H31BrN4O8S. The molecule has 5 rings (SSSR count). The average Bonchev–Trinajstić information content (AvgIpc) is 3.42. The number of hydrogen-bond acceptors (Lipinski definition) is 11. The lowest BCUT2D eigenvalue weighted by atomic mass is 9.83. The normalized spacial score (nSPS) is 14.2. The van der Waals surface area contributed by atoms with Crippen LogP contribution in [0.1, 0.15) is 17.0 Å². The van der Waals surface area contributed by atoms with Crippen LogP contribution in [0.4, 0.5) is 5.69 Å². The number of thiazole rings is 1. The maximum absolute atomic E-state index is 14.3. The van der Waals surface area contributed by atoms with Gasteiger partial charge in [-0.05, 0) is 65.7 Å². The van der Waals surface area contributed by atoms with E-state index in [4.69, 9.17) is 34.2 Å². The van der Waals surface area contributed by atoms with Crippen LogP contribution in [0.25, 0.3) is 17.5 Å². The highest BCUT2D eigenvalue weighted by molar-refractivity contribution is 9.10. The van der Waals surface area contributed by atoms with Crippen LogP contribution >= 0.6 is 27.3 Å². The first-order valence-corrected chi connectivity index (χ1v) is 15.8. The zero-order chi connectivity index (χ0) is 34.7. The molecule has 2 heterocycles. The van der Waals surface area contributed by atoms with Gasteiger partial charge in [0.1, 0.15) is 10.5 Å². The number of rotatable bonds is 10. The number of halogens is 1. The summed E-state index contributed by atoms with van der Waals surface area (Å²) in [5, 5.41) is 13.4. The third-order valence-electron chi connectivity index (χ3n) is 7.62. The fourth-order valence-electron chi connectivity index (χ4n) is 5.44. The highest BCUT2D eigenvalue weighted by atomic mass is 79.9. The van der Waals surface area contributed by atoms with Crippen molar-refractivity contribution in [3.8, 4) is 40.6 Å². The molecule has 0 fully saturated rings. The lowest BCUT2D eigenvalue weighted by Crippen LogP contribution is -2.40. The molecule has 1 aliphatic rings. The molecule has 1 unspecified atom stereocenters. The second-order valence-electron chi connectivity index (χ2n) is 10.2. The Balaban J connectivity index is 1.85. The number of anilines is 1. The molecule has 0 saturated carbocycles. The van der Waals surface area contributed by atoms with E-state index in [9.17, 15) is 14.9 Å². The van der Waals surface area contributed by atoms with Crippen LogP contribution in [0, 0.1) is 11.3 Å². The van der Waals surface area contributed by atoms with Crippen LogP contribution in [-0.4, -0.2) is 53.1 Å². The van der Waals surface area contributed by atoms with Gasteiger partial charge in [0.15, 0.2) is 23.0 Å². The minimum atomic E-state index is -1.02. The highest BCUT2D eigenvalue weighted by Gasteiger charge is 2.37. The van der Waals surface area contributed by atoms with Gasteiger partial charge in [-0.3, -0.25) is 14.2 Å². The molecule has 0 radical (unpaired) electrons. The minimum absolute atomic E-state index is 0.0167. The van der Waals surface area contributed by atoms with Crippen molar-refractivity contribution in [3.63, 3.8) is 0 Å². The van der Waals surface area contributed by atoms with Gasteiger partial charge in [-0.25, -0.2) is 0 Å². The van der Waals surface area contributed by atoms with Crippen LogP contribution in [0.15, 0.2) is 63.4 Å². The number of carbonyl (C=O) groups is 1. The Morgan fingerprint density at radius 2 is 1.42 bits per heavy atom. The standard InChI is InChI=1S/C34H31BrN4O8S/c1-42-22-11-17(12-23(43-2)29(22)46-5)13-26-33(41)39-31(37)21(16-36)27(18-14-24(44-3)30(47-6)25(15-18)45-4)28(34(39)48-26)32(40)38-20-9-7-19(35)8-10-20/h7-15,27H,37H2,1-6H3,(H,38,40)/b26-13-. The Hall–Kier alpha value is -5.39. The Morgan fingerprint density at radius 1 is 0.896 bits per heavy atom. The quantitative estimate of drug-likeness (QED) is 0.246. The minimum Gasteiger partial charge on any atom is -0.493 e. The number of hydrogen-bond donors (Lipinski definition) is 2. The zero-order valence-corrected chi connectivity index (χ0v) is 29.2.